The number of aliphatic hydroxyl groups excluding tert-OH is 1. The highest BCUT2D eigenvalue weighted by Crippen LogP contribution is 2.37. The summed E-state index contributed by atoms with van der Waals surface area (Å²) in [5.41, 5.74) is 6.03. The van der Waals surface area contributed by atoms with Crippen molar-refractivity contribution in [2.75, 3.05) is 58.4 Å². The van der Waals surface area contributed by atoms with Crippen molar-refractivity contribution < 1.29 is 33.0 Å². The highest BCUT2D eigenvalue weighted by Gasteiger charge is 2.40. The zero-order valence-electron chi connectivity index (χ0n) is 36.8. The van der Waals surface area contributed by atoms with Crippen molar-refractivity contribution in [3.8, 4) is 11.1 Å². The SMILES string of the molecule is CO.O=C1CCC(N2Cc3c(ccc(CCCOCCCN4CCN(Cc5ccc(-c6cn(C7CCCCC7)c7nc(Nc8cc(F)cc(Cl)c8)ncc67)cc5)CC4)c3F)C2=O)C(=O)N1. The lowest BCUT2D eigenvalue weighted by molar-refractivity contribution is -0.136. The molecule has 2 saturated heterocycles. The minimum absolute atomic E-state index is 0.0303. The van der Waals surface area contributed by atoms with Gasteiger partial charge in [0.15, 0.2) is 0 Å². The second-order valence-electron chi connectivity index (χ2n) is 17.3. The molecule has 344 valence electrons. The summed E-state index contributed by atoms with van der Waals surface area (Å²) in [6, 6.07) is 16.1. The molecule has 0 bridgehead atoms. The van der Waals surface area contributed by atoms with Gasteiger partial charge in [-0.25, -0.2) is 13.8 Å². The molecule has 16 heteroatoms. The fourth-order valence-electron chi connectivity index (χ4n) is 9.63. The summed E-state index contributed by atoms with van der Waals surface area (Å²) in [6.45, 7) is 7.05. The van der Waals surface area contributed by atoms with E-state index in [0.29, 0.717) is 59.9 Å². The van der Waals surface area contributed by atoms with Gasteiger partial charge in [0, 0.05) is 117 Å². The minimum atomic E-state index is -0.764. The number of amides is 3. The highest BCUT2D eigenvalue weighted by molar-refractivity contribution is 6.30. The third-order valence-electron chi connectivity index (χ3n) is 13.0. The van der Waals surface area contributed by atoms with E-state index in [0.717, 1.165) is 87.8 Å². The van der Waals surface area contributed by atoms with Crippen molar-refractivity contribution in [1.82, 2.24) is 34.6 Å². The third kappa shape index (κ3) is 10.9. The van der Waals surface area contributed by atoms with Gasteiger partial charge in [-0.05, 0) is 79.5 Å². The van der Waals surface area contributed by atoms with Gasteiger partial charge in [-0.3, -0.25) is 24.6 Å². The third-order valence-corrected chi connectivity index (χ3v) is 13.2. The van der Waals surface area contributed by atoms with Crippen LogP contribution in [-0.4, -0.2) is 111 Å². The number of benzene rings is 3. The fraction of sp³-hybridized carbons (Fsp3) is 0.449. The lowest BCUT2D eigenvalue weighted by Gasteiger charge is -2.34. The smallest absolute Gasteiger partial charge is 0.255 e. The maximum atomic E-state index is 15.5. The van der Waals surface area contributed by atoms with Gasteiger partial charge in [0.25, 0.3) is 5.91 Å². The standard InChI is InChI=1S/C48H53ClF2N8O4.CH4O/c49-34-24-35(50)26-36(25-34)53-48-52-27-39-40(29-58(45(39)55-48)37-7-2-1-3-8-37)32-11-9-31(10-12-32)28-57-20-18-56(19-21-57)17-5-23-63-22-4-6-33-13-14-38-41(44(33)51)30-59(47(38)62)42-15-16-43(60)54-46(42)61;1-2/h9-14,24-27,29,37,42H,1-8,15-23,28,30H2,(H,52,53,55)(H,54,60,61);2H,1H3. The predicted molar refractivity (Wildman–Crippen MR) is 246 cm³/mol. The van der Waals surface area contributed by atoms with Crippen LogP contribution >= 0.6 is 11.6 Å². The molecule has 3 fully saturated rings. The number of aryl methyl sites for hydroxylation is 1. The molecule has 1 aliphatic carbocycles. The second kappa shape index (κ2) is 21.3. The molecule has 3 amide bonds. The Balaban J connectivity index is 0.00000284. The quantitative estimate of drug-likeness (QED) is 0.0703. The monoisotopic (exact) mass is 910 g/mol. The Labute approximate surface area is 383 Å². The topological polar surface area (TPSA) is 145 Å². The number of carbonyl (C=O) groups is 3. The van der Waals surface area contributed by atoms with E-state index in [-0.39, 0.29) is 36.8 Å². The normalized spacial score (nSPS) is 18.4. The van der Waals surface area contributed by atoms with Crippen molar-refractivity contribution >= 4 is 52.0 Å². The van der Waals surface area contributed by atoms with Gasteiger partial charge in [-0.1, -0.05) is 61.2 Å². The number of imide groups is 1. The lowest BCUT2D eigenvalue weighted by atomic mass is 9.95. The van der Waals surface area contributed by atoms with E-state index in [1.54, 1.807) is 18.2 Å². The number of ether oxygens (including phenoxy) is 1. The van der Waals surface area contributed by atoms with Crippen LogP contribution in [-0.2, 0) is 33.8 Å². The van der Waals surface area contributed by atoms with Crippen molar-refractivity contribution in [3.63, 3.8) is 0 Å². The molecule has 2 aromatic heterocycles. The van der Waals surface area contributed by atoms with Gasteiger partial charge in [-0.2, -0.15) is 4.98 Å². The summed E-state index contributed by atoms with van der Waals surface area (Å²) < 4.78 is 37.8. The second-order valence-corrected chi connectivity index (χ2v) is 17.7. The van der Waals surface area contributed by atoms with E-state index in [2.05, 4.69) is 60.4 Å². The van der Waals surface area contributed by atoms with Crippen LogP contribution in [0.3, 0.4) is 0 Å². The number of nitrogens with one attached hydrogen (secondary N) is 2. The van der Waals surface area contributed by atoms with Crippen LogP contribution in [0.4, 0.5) is 20.4 Å². The van der Waals surface area contributed by atoms with E-state index in [9.17, 15) is 18.8 Å². The Morgan fingerprint density at radius 3 is 2.40 bits per heavy atom. The van der Waals surface area contributed by atoms with Crippen LogP contribution in [0, 0.1) is 11.6 Å². The maximum absolute atomic E-state index is 15.5. The molecule has 3 aliphatic heterocycles. The summed E-state index contributed by atoms with van der Waals surface area (Å²) in [6.07, 6.45) is 12.5. The van der Waals surface area contributed by atoms with Crippen molar-refractivity contribution in [1.29, 1.82) is 0 Å². The highest BCUT2D eigenvalue weighted by atomic mass is 35.5. The van der Waals surface area contributed by atoms with Crippen LogP contribution in [0.25, 0.3) is 22.2 Å². The zero-order valence-corrected chi connectivity index (χ0v) is 37.6. The number of carbonyl (C=O) groups excluding carboxylic acids is 3. The van der Waals surface area contributed by atoms with E-state index >= 15 is 4.39 Å². The maximum Gasteiger partial charge on any atom is 0.255 e. The molecule has 65 heavy (non-hydrogen) atoms. The number of nitrogens with zero attached hydrogens (tertiary/aromatic N) is 6. The van der Waals surface area contributed by atoms with Crippen molar-refractivity contribution in [3.05, 3.63) is 106 Å². The van der Waals surface area contributed by atoms with Crippen molar-refractivity contribution in [2.45, 2.75) is 89.4 Å². The number of fused-ring (bicyclic) bond motifs is 2. The molecule has 0 spiro atoms. The predicted octanol–water partition coefficient (Wildman–Crippen LogP) is 7.81. The number of aliphatic hydroxyl groups is 1. The number of halogens is 3. The Hall–Kier alpha value is -5.32. The number of hydrogen-bond acceptors (Lipinski definition) is 10. The first kappa shape index (κ1) is 46.2. The largest absolute Gasteiger partial charge is 0.400 e. The number of rotatable bonds is 15. The number of hydrogen-bond donors (Lipinski definition) is 3. The molecule has 0 radical (unpaired) electrons. The van der Waals surface area contributed by atoms with Crippen LogP contribution in [0.2, 0.25) is 5.02 Å². The van der Waals surface area contributed by atoms with E-state index in [4.69, 9.17) is 26.4 Å². The van der Waals surface area contributed by atoms with Gasteiger partial charge in [-0.15, -0.1) is 0 Å². The summed E-state index contributed by atoms with van der Waals surface area (Å²) in [7, 11) is 1.00. The number of piperazine rings is 1. The molecule has 5 aromatic rings. The number of anilines is 2. The molecule has 13 nitrogen and oxygen atoms in total. The van der Waals surface area contributed by atoms with Gasteiger partial charge < -0.3 is 29.5 Å². The van der Waals surface area contributed by atoms with Crippen LogP contribution in [0.1, 0.15) is 90.9 Å². The van der Waals surface area contributed by atoms with Gasteiger partial charge in [0.05, 0.1) is 6.54 Å². The average Bonchev–Trinajstić information content (AvgIpc) is 3.86. The summed E-state index contributed by atoms with van der Waals surface area (Å²) in [5, 5.41) is 13.7. The first-order valence-corrected chi connectivity index (χ1v) is 23.2. The Morgan fingerprint density at radius 1 is 0.892 bits per heavy atom. The first-order valence-electron chi connectivity index (χ1n) is 22.8. The van der Waals surface area contributed by atoms with E-state index < -0.39 is 23.6 Å². The molecule has 5 heterocycles. The van der Waals surface area contributed by atoms with Gasteiger partial charge >= 0.3 is 0 Å². The van der Waals surface area contributed by atoms with Crippen LogP contribution < -0.4 is 10.6 Å². The molecule has 1 saturated carbocycles. The molecule has 1 atom stereocenters. The summed E-state index contributed by atoms with van der Waals surface area (Å²) in [5.74, 6) is -1.64. The van der Waals surface area contributed by atoms with Crippen LogP contribution in [0.15, 0.2) is 67.0 Å². The minimum Gasteiger partial charge on any atom is -0.400 e. The zero-order chi connectivity index (χ0) is 45.5. The first-order chi connectivity index (χ1) is 31.7. The average molecular weight is 911 g/mol. The van der Waals surface area contributed by atoms with E-state index in [1.165, 1.54) is 41.9 Å². The molecule has 1 unspecified atom stereocenters. The Bertz CT molecular complexity index is 2470. The number of aromatic nitrogens is 3. The molecule has 9 rings (SSSR count). The molecular formula is C49H57ClF2N8O5. The van der Waals surface area contributed by atoms with Gasteiger partial charge in [0.2, 0.25) is 17.8 Å². The number of piperidine rings is 1. The molecular weight excluding hydrogens is 854 g/mol. The van der Waals surface area contributed by atoms with Gasteiger partial charge in [0.1, 0.15) is 23.3 Å². The Morgan fingerprint density at radius 2 is 1.65 bits per heavy atom. The molecule has 4 aliphatic rings. The van der Waals surface area contributed by atoms with E-state index in [1.807, 2.05) is 6.20 Å². The Kier molecular flexibility index (Phi) is 15.2. The lowest BCUT2D eigenvalue weighted by Crippen LogP contribution is -2.52. The molecule has 3 aromatic carbocycles. The van der Waals surface area contributed by atoms with Crippen LogP contribution in [0.5, 0.6) is 0 Å². The molecule has 3 N–H and O–H groups in total. The fourth-order valence-corrected chi connectivity index (χ4v) is 9.86. The summed E-state index contributed by atoms with van der Waals surface area (Å²) >= 11 is 6.10. The van der Waals surface area contributed by atoms with Crippen molar-refractivity contribution in [2.24, 2.45) is 0 Å². The summed E-state index contributed by atoms with van der Waals surface area (Å²) in [4.78, 5) is 52.8.